The maximum absolute atomic E-state index is 6.51. The molecule has 9 rings (SSSR count). The lowest BCUT2D eigenvalue weighted by Gasteiger charge is -2.34. The highest BCUT2D eigenvalue weighted by molar-refractivity contribution is 7.26. The average molecular weight is 559 g/mol. The maximum atomic E-state index is 6.51. The molecule has 0 unspecified atom stereocenters. The van der Waals surface area contributed by atoms with Gasteiger partial charge in [0.1, 0.15) is 22.7 Å². The zero-order valence-electron chi connectivity index (χ0n) is 23.3. The van der Waals surface area contributed by atoms with Crippen LogP contribution in [0, 0.1) is 0 Å². The van der Waals surface area contributed by atoms with Gasteiger partial charge in [-0.25, -0.2) is 0 Å². The first kappa shape index (κ1) is 23.8. The molecule has 0 amide bonds. The van der Waals surface area contributed by atoms with Crippen molar-refractivity contribution in [2.45, 2.75) is 19.3 Å². The molecule has 42 heavy (non-hydrogen) atoms. The van der Waals surface area contributed by atoms with E-state index >= 15 is 0 Å². The van der Waals surface area contributed by atoms with Crippen molar-refractivity contribution in [3.63, 3.8) is 0 Å². The number of thiophene rings is 1. The molecule has 3 heterocycles. The fourth-order valence-corrected chi connectivity index (χ4v) is 7.98. The molecule has 1 aliphatic rings. The van der Waals surface area contributed by atoms with E-state index in [1.165, 1.54) is 42.4 Å². The summed E-state index contributed by atoms with van der Waals surface area (Å²) in [7, 11) is 0. The topological polar surface area (TPSA) is 22.4 Å². The van der Waals surface area contributed by atoms with E-state index in [4.69, 9.17) is 9.15 Å². The molecule has 1 aliphatic heterocycles. The Kier molecular flexibility index (Phi) is 4.86. The van der Waals surface area contributed by atoms with Crippen LogP contribution in [0.25, 0.3) is 64.4 Å². The largest absolute Gasteiger partial charge is 0.457 e. The predicted octanol–water partition coefficient (Wildman–Crippen LogP) is 11.7. The highest BCUT2D eigenvalue weighted by Gasteiger charge is 2.34. The van der Waals surface area contributed by atoms with Crippen molar-refractivity contribution >= 4 is 53.4 Å². The zero-order chi connectivity index (χ0) is 28.0. The van der Waals surface area contributed by atoms with Crippen molar-refractivity contribution in [1.82, 2.24) is 0 Å². The Balaban J connectivity index is 1.13. The minimum atomic E-state index is -0.122. The molecule has 8 aromatic rings. The van der Waals surface area contributed by atoms with Crippen LogP contribution in [0.15, 0.2) is 126 Å². The van der Waals surface area contributed by atoms with Crippen molar-refractivity contribution in [3.05, 3.63) is 132 Å². The molecule has 0 N–H and O–H groups in total. The van der Waals surface area contributed by atoms with E-state index in [0.717, 1.165) is 44.6 Å². The van der Waals surface area contributed by atoms with Crippen molar-refractivity contribution < 1.29 is 9.15 Å². The quantitative estimate of drug-likeness (QED) is 0.211. The van der Waals surface area contributed by atoms with Crippen molar-refractivity contribution in [1.29, 1.82) is 0 Å². The third-order valence-electron chi connectivity index (χ3n) is 8.96. The Morgan fingerprint density at radius 2 is 1.19 bits per heavy atom. The molecule has 0 bridgehead atoms. The van der Waals surface area contributed by atoms with Gasteiger partial charge in [0.25, 0.3) is 0 Å². The minimum absolute atomic E-state index is 0.122. The van der Waals surface area contributed by atoms with Gasteiger partial charge in [-0.05, 0) is 64.7 Å². The molecule has 2 aromatic heterocycles. The summed E-state index contributed by atoms with van der Waals surface area (Å²) >= 11 is 1.86. The summed E-state index contributed by atoms with van der Waals surface area (Å²) < 4.78 is 15.5. The van der Waals surface area contributed by atoms with Crippen LogP contribution >= 0.6 is 11.3 Å². The van der Waals surface area contributed by atoms with Gasteiger partial charge < -0.3 is 9.15 Å². The smallest absolute Gasteiger partial charge is 0.136 e. The third-order valence-corrected chi connectivity index (χ3v) is 10.2. The molecule has 0 radical (unpaired) electrons. The Bertz CT molecular complexity index is 2370. The summed E-state index contributed by atoms with van der Waals surface area (Å²) in [5, 5.41) is 4.89. The first-order valence-electron chi connectivity index (χ1n) is 14.3. The molecule has 0 fully saturated rings. The molecule has 0 spiro atoms. The van der Waals surface area contributed by atoms with Gasteiger partial charge >= 0.3 is 0 Å². The summed E-state index contributed by atoms with van der Waals surface area (Å²) in [6, 6.07) is 43.3. The highest BCUT2D eigenvalue weighted by atomic mass is 32.1. The van der Waals surface area contributed by atoms with Crippen molar-refractivity contribution in [3.8, 4) is 33.8 Å². The lowest BCUT2D eigenvalue weighted by Crippen LogP contribution is -2.24. The maximum Gasteiger partial charge on any atom is 0.136 e. The highest BCUT2D eigenvalue weighted by Crippen LogP contribution is 2.49. The first-order valence-corrected chi connectivity index (χ1v) is 15.2. The molecule has 0 atom stereocenters. The Hall–Kier alpha value is -4.86. The zero-order valence-corrected chi connectivity index (χ0v) is 24.1. The lowest BCUT2D eigenvalue weighted by molar-refractivity contribution is 0.418. The van der Waals surface area contributed by atoms with Crippen LogP contribution in [0.5, 0.6) is 11.5 Å². The van der Waals surface area contributed by atoms with Crippen LogP contribution in [0.2, 0.25) is 0 Å². The van der Waals surface area contributed by atoms with Gasteiger partial charge in [0, 0.05) is 47.5 Å². The number of fused-ring (bicyclic) bond motifs is 8. The molecule has 6 aromatic carbocycles. The Morgan fingerprint density at radius 1 is 0.524 bits per heavy atom. The van der Waals surface area contributed by atoms with Gasteiger partial charge in [0.2, 0.25) is 0 Å². The summed E-state index contributed by atoms with van der Waals surface area (Å²) in [6.45, 7) is 4.53. The number of para-hydroxylation sites is 1. The number of furan rings is 1. The van der Waals surface area contributed by atoms with E-state index in [0.29, 0.717) is 0 Å². The second kappa shape index (κ2) is 8.58. The molecule has 0 saturated carbocycles. The average Bonchev–Trinajstić information content (AvgIpc) is 3.58. The number of hydrogen-bond donors (Lipinski definition) is 0. The van der Waals surface area contributed by atoms with Gasteiger partial charge in [-0.1, -0.05) is 92.7 Å². The van der Waals surface area contributed by atoms with Crippen molar-refractivity contribution in [2.24, 2.45) is 0 Å². The monoisotopic (exact) mass is 558 g/mol. The summed E-state index contributed by atoms with van der Waals surface area (Å²) in [5.41, 5.74) is 8.75. The minimum Gasteiger partial charge on any atom is -0.457 e. The van der Waals surface area contributed by atoms with E-state index in [1.54, 1.807) is 0 Å². The molecule has 200 valence electrons. The van der Waals surface area contributed by atoms with Gasteiger partial charge in [0.15, 0.2) is 0 Å². The fourth-order valence-electron chi connectivity index (χ4n) is 6.74. The molecule has 0 saturated heterocycles. The van der Waals surface area contributed by atoms with Crippen LogP contribution in [-0.4, -0.2) is 0 Å². The molecular weight excluding hydrogens is 532 g/mol. The van der Waals surface area contributed by atoms with Gasteiger partial charge in [0.05, 0.1) is 0 Å². The Labute approximate surface area is 247 Å². The predicted molar refractivity (Wildman–Crippen MR) is 176 cm³/mol. The third kappa shape index (κ3) is 3.38. The molecule has 2 nitrogen and oxygen atoms in total. The molecule has 0 aliphatic carbocycles. The summed E-state index contributed by atoms with van der Waals surface area (Å²) in [4.78, 5) is 0. The number of hydrogen-bond acceptors (Lipinski definition) is 3. The number of rotatable bonds is 2. The fraction of sp³-hybridized carbons (Fsp3) is 0.0769. The second-order valence-corrected chi connectivity index (χ2v) is 12.8. The van der Waals surface area contributed by atoms with Crippen LogP contribution in [-0.2, 0) is 5.41 Å². The van der Waals surface area contributed by atoms with E-state index in [9.17, 15) is 0 Å². The summed E-state index contributed by atoms with van der Waals surface area (Å²) in [5.74, 6) is 1.85. The van der Waals surface area contributed by atoms with Gasteiger partial charge in [-0.2, -0.15) is 0 Å². The Morgan fingerprint density at radius 3 is 2.07 bits per heavy atom. The van der Waals surface area contributed by atoms with Crippen LogP contribution < -0.4 is 4.74 Å². The van der Waals surface area contributed by atoms with Gasteiger partial charge in [-0.3, -0.25) is 0 Å². The normalized spacial score (nSPS) is 13.9. The van der Waals surface area contributed by atoms with E-state index in [1.807, 2.05) is 17.4 Å². The van der Waals surface area contributed by atoms with Crippen LogP contribution in [0.3, 0.4) is 0 Å². The lowest BCUT2D eigenvalue weighted by atomic mass is 9.75. The van der Waals surface area contributed by atoms with Crippen molar-refractivity contribution in [2.75, 3.05) is 0 Å². The van der Waals surface area contributed by atoms with Gasteiger partial charge in [-0.15, -0.1) is 11.3 Å². The van der Waals surface area contributed by atoms with Crippen LogP contribution in [0.4, 0.5) is 0 Å². The standard InChI is InChI=1S/C39H26O2S/c1-39(2)31-11-4-5-12-33(31)40-36-21-24(16-19-32(36)39)23-14-17-27-28-18-15-25(22-35(28)41-34(27)20-23)26-9-7-10-30-29-8-3-6-13-37(29)42-38(26)30/h3-22H,1-2H3. The van der Waals surface area contributed by atoms with E-state index < -0.39 is 0 Å². The van der Waals surface area contributed by atoms with E-state index in [2.05, 4.69) is 129 Å². The first-order chi connectivity index (χ1) is 20.5. The summed E-state index contributed by atoms with van der Waals surface area (Å²) in [6.07, 6.45) is 0. The molecular formula is C39H26O2S. The number of ether oxygens (including phenoxy) is 1. The van der Waals surface area contributed by atoms with Crippen LogP contribution in [0.1, 0.15) is 25.0 Å². The second-order valence-electron chi connectivity index (χ2n) is 11.7. The SMILES string of the molecule is CC1(C)c2ccccc2Oc2cc(-c3ccc4c(c3)oc3cc(-c5cccc6c5sc5ccccc56)ccc34)ccc21. The molecule has 3 heteroatoms. The van der Waals surface area contributed by atoms with E-state index in [-0.39, 0.29) is 5.41 Å². The number of benzene rings is 6.